The predicted octanol–water partition coefficient (Wildman–Crippen LogP) is 3.69. The highest BCUT2D eigenvalue weighted by molar-refractivity contribution is 5.95. The predicted molar refractivity (Wildman–Crippen MR) is 101 cm³/mol. The van der Waals surface area contributed by atoms with Crippen LogP contribution in [0.3, 0.4) is 0 Å². The average Bonchev–Trinajstić information content (AvgIpc) is 3.10. The van der Waals surface area contributed by atoms with Gasteiger partial charge in [0.2, 0.25) is 0 Å². The fraction of sp³-hybridized carbons (Fsp3) is 0.316. The summed E-state index contributed by atoms with van der Waals surface area (Å²) in [7, 11) is 3.23. The molecule has 25 heavy (non-hydrogen) atoms. The molecule has 0 saturated carbocycles. The topological polar surface area (TPSA) is 64.8 Å². The number of carbonyl (C=O) groups is 1. The second-order valence-electron chi connectivity index (χ2n) is 5.90. The number of nitrogens with two attached hydrogens (primary N) is 1. The number of carbonyl (C=O) groups excluding carboxylic acids is 1. The van der Waals surface area contributed by atoms with Gasteiger partial charge in [-0.15, -0.1) is 12.4 Å². The Balaban J connectivity index is 0.00000225. The lowest BCUT2D eigenvalue weighted by atomic mass is 10.0. The van der Waals surface area contributed by atoms with Gasteiger partial charge in [-0.05, 0) is 48.7 Å². The minimum absolute atomic E-state index is 0. The highest BCUT2D eigenvalue weighted by atomic mass is 35.5. The first-order valence-corrected chi connectivity index (χ1v) is 8.02. The Morgan fingerprint density at radius 1 is 1.12 bits per heavy atom. The van der Waals surface area contributed by atoms with Crippen molar-refractivity contribution in [2.24, 2.45) is 0 Å². The van der Waals surface area contributed by atoms with Crippen LogP contribution in [-0.2, 0) is 0 Å². The van der Waals surface area contributed by atoms with E-state index in [1.54, 1.807) is 26.4 Å². The molecule has 1 saturated heterocycles. The number of nitrogen functional groups attached to an aromatic ring is 1. The van der Waals surface area contributed by atoms with Crippen LogP contribution in [0.2, 0.25) is 0 Å². The maximum Gasteiger partial charge on any atom is 0.254 e. The van der Waals surface area contributed by atoms with Gasteiger partial charge in [0.1, 0.15) is 0 Å². The SMILES string of the molecule is COc1ccc(C2CCCN2C(=O)c2cccc(N)c2)cc1OC.Cl. The van der Waals surface area contributed by atoms with Crippen molar-refractivity contribution in [3.8, 4) is 11.5 Å². The summed E-state index contributed by atoms with van der Waals surface area (Å²) in [6, 6.07) is 13.0. The minimum atomic E-state index is 0. The molecule has 2 aromatic carbocycles. The highest BCUT2D eigenvalue weighted by Crippen LogP contribution is 2.37. The number of anilines is 1. The van der Waals surface area contributed by atoms with Crippen LogP contribution in [0, 0.1) is 0 Å². The van der Waals surface area contributed by atoms with Crippen LogP contribution in [0.4, 0.5) is 5.69 Å². The van der Waals surface area contributed by atoms with Crippen molar-refractivity contribution < 1.29 is 14.3 Å². The number of hydrogen-bond donors (Lipinski definition) is 1. The number of methoxy groups -OCH3 is 2. The molecule has 1 aliphatic heterocycles. The van der Waals surface area contributed by atoms with Crippen LogP contribution in [0.15, 0.2) is 42.5 Å². The van der Waals surface area contributed by atoms with Crippen molar-refractivity contribution in [2.75, 3.05) is 26.5 Å². The second kappa shape index (κ2) is 8.12. The summed E-state index contributed by atoms with van der Waals surface area (Å²) < 4.78 is 10.7. The zero-order chi connectivity index (χ0) is 17.1. The van der Waals surface area contributed by atoms with Crippen molar-refractivity contribution in [3.63, 3.8) is 0 Å². The molecular weight excluding hydrogens is 340 g/mol. The zero-order valence-corrected chi connectivity index (χ0v) is 15.2. The summed E-state index contributed by atoms with van der Waals surface area (Å²) in [5, 5.41) is 0. The van der Waals surface area contributed by atoms with Gasteiger partial charge in [-0.1, -0.05) is 12.1 Å². The molecule has 1 aliphatic rings. The van der Waals surface area contributed by atoms with Crippen LogP contribution in [0.5, 0.6) is 11.5 Å². The second-order valence-corrected chi connectivity index (χ2v) is 5.90. The maximum atomic E-state index is 12.9. The van der Waals surface area contributed by atoms with Crippen LogP contribution in [-0.4, -0.2) is 31.6 Å². The van der Waals surface area contributed by atoms with Crippen molar-refractivity contribution in [2.45, 2.75) is 18.9 Å². The number of rotatable bonds is 4. The Labute approximate surface area is 154 Å². The molecule has 0 aromatic heterocycles. The quantitative estimate of drug-likeness (QED) is 0.842. The molecule has 134 valence electrons. The monoisotopic (exact) mass is 362 g/mol. The fourth-order valence-electron chi connectivity index (χ4n) is 3.25. The zero-order valence-electron chi connectivity index (χ0n) is 14.4. The molecule has 5 nitrogen and oxygen atoms in total. The molecule has 1 atom stereocenters. The van der Waals surface area contributed by atoms with E-state index < -0.39 is 0 Å². The molecule has 6 heteroatoms. The molecule has 1 heterocycles. The molecule has 0 spiro atoms. The molecule has 3 rings (SSSR count). The number of ether oxygens (including phenoxy) is 2. The lowest BCUT2D eigenvalue weighted by molar-refractivity contribution is 0.0735. The van der Waals surface area contributed by atoms with E-state index in [0.29, 0.717) is 22.7 Å². The smallest absolute Gasteiger partial charge is 0.254 e. The summed E-state index contributed by atoms with van der Waals surface area (Å²) >= 11 is 0. The molecule has 0 bridgehead atoms. The summed E-state index contributed by atoms with van der Waals surface area (Å²) in [5.41, 5.74) is 8.09. The molecule has 1 fully saturated rings. The number of hydrogen-bond acceptors (Lipinski definition) is 4. The van der Waals surface area contributed by atoms with Crippen LogP contribution in [0.1, 0.15) is 34.8 Å². The van der Waals surface area contributed by atoms with E-state index in [1.807, 2.05) is 35.2 Å². The Bertz CT molecular complexity index is 751. The third-order valence-electron chi connectivity index (χ3n) is 4.44. The largest absolute Gasteiger partial charge is 0.493 e. The Morgan fingerprint density at radius 2 is 1.88 bits per heavy atom. The lowest BCUT2D eigenvalue weighted by Crippen LogP contribution is -2.30. The molecule has 2 N–H and O–H groups in total. The maximum absolute atomic E-state index is 12.9. The summed E-state index contributed by atoms with van der Waals surface area (Å²) in [5.74, 6) is 1.38. The lowest BCUT2D eigenvalue weighted by Gasteiger charge is -2.26. The summed E-state index contributed by atoms with van der Waals surface area (Å²) in [4.78, 5) is 14.8. The number of halogens is 1. The Hall–Kier alpha value is -2.40. The molecule has 0 radical (unpaired) electrons. The van der Waals surface area contributed by atoms with E-state index in [1.165, 1.54) is 0 Å². The number of benzene rings is 2. The first kappa shape index (κ1) is 18.9. The van der Waals surface area contributed by atoms with Gasteiger partial charge in [0, 0.05) is 17.8 Å². The van der Waals surface area contributed by atoms with Crippen LogP contribution >= 0.6 is 12.4 Å². The van der Waals surface area contributed by atoms with Crippen molar-refractivity contribution in [1.29, 1.82) is 0 Å². The van der Waals surface area contributed by atoms with E-state index in [2.05, 4.69) is 0 Å². The van der Waals surface area contributed by atoms with Gasteiger partial charge in [0.05, 0.1) is 20.3 Å². The van der Waals surface area contributed by atoms with Gasteiger partial charge in [0.25, 0.3) is 5.91 Å². The molecular formula is C19H23ClN2O3. The minimum Gasteiger partial charge on any atom is -0.493 e. The van der Waals surface area contributed by atoms with E-state index in [-0.39, 0.29) is 24.4 Å². The van der Waals surface area contributed by atoms with Gasteiger partial charge in [-0.2, -0.15) is 0 Å². The van der Waals surface area contributed by atoms with Crippen molar-refractivity contribution >= 4 is 24.0 Å². The normalized spacial score (nSPS) is 16.2. The van der Waals surface area contributed by atoms with E-state index in [9.17, 15) is 4.79 Å². The third kappa shape index (κ3) is 3.82. The first-order chi connectivity index (χ1) is 11.6. The molecule has 1 amide bonds. The number of amides is 1. The van der Waals surface area contributed by atoms with Gasteiger partial charge in [-0.25, -0.2) is 0 Å². The van der Waals surface area contributed by atoms with E-state index >= 15 is 0 Å². The fourth-order valence-corrected chi connectivity index (χ4v) is 3.25. The first-order valence-electron chi connectivity index (χ1n) is 8.02. The van der Waals surface area contributed by atoms with Crippen LogP contribution < -0.4 is 15.2 Å². The molecule has 2 aromatic rings. The van der Waals surface area contributed by atoms with Crippen LogP contribution in [0.25, 0.3) is 0 Å². The van der Waals surface area contributed by atoms with Gasteiger partial charge >= 0.3 is 0 Å². The van der Waals surface area contributed by atoms with Gasteiger partial charge in [-0.3, -0.25) is 4.79 Å². The van der Waals surface area contributed by atoms with E-state index in [0.717, 1.165) is 24.9 Å². The standard InChI is InChI=1S/C19H22N2O3.ClH/c1-23-17-9-8-13(12-18(17)24-2)16-7-4-10-21(16)19(22)14-5-3-6-15(20)11-14;/h3,5-6,8-9,11-12,16H,4,7,10,20H2,1-2H3;1H. The van der Waals surface area contributed by atoms with Crippen molar-refractivity contribution in [1.82, 2.24) is 4.90 Å². The number of likely N-dealkylation sites (tertiary alicyclic amines) is 1. The summed E-state index contributed by atoms with van der Waals surface area (Å²) in [6.07, 6.45) is 1.91. The Morgan fingerprint density at radius 3 is 2.56 bits per heavy atom. The third-order valence-corrected chi connectivity index (χ3v) is 4.44. The number of nitrogens with zero attached hydrogens (tertiary/aromatic N) is 1. The summed E-state index contributed by atoms with van der Waals surface area (Å²) in [6.45, 7) is 0.743. The van der Waals surface area contributed by atoms with Gasteiger partial charge < -0.3 is 20.1 Å². The molecule has 0 aliphatic carbocycles. The van der Waals surface area contributed by atoms with E-state index in [4.69, 9.17) is 15.2 Å². The average molecular weight is 363 g/mol. The molecule has 1 unspecified atom stereocenters. The Kier molecular flexibility index (Phi) is 6.15. The highest BCUT2D eigenvalue weighted by Gasteiger charge is 2.31. The van der Waals surface area contributed by atoms with Crippen molar-refractivity contribution in [3.05, 3.63) is 53.6 Å². The van der Waals surface area contributed by atoms with Gasteiger partial charge in [0.15, 0.2) is 11.5 Å².